The van der Waals surface area contributed by atoms with Crippen molar-refractivity contribution in [3.8, 4) is 0 Å². The van der Waals surface area contributed by atoms with E-state index >= 15 is 0 Å². The Morgan fingerprint density at radius 3 is 2.71 bits per heavy atom. The van der Waals surface area contributed by atoms with Crippen LogP contribution < -0.4 is 21.9 Å². The molecule has 0 spiro atoms. The van der Waals surface area contributed by atoms with Gasteiger partial charge in [-0.1, -0.05) is 0 Å². The molecule has 1 aromatic carbocycles. The summed E-state index contributed by atoms with van der Waals surface area (Å²) in [6, 6.07) is 5.37. The average molecular weight is 236 g/mol. The molecule has 0 saturated carbocycles. The van der Waals surface area contributed by atoms with Crippen molar-refractivity contribution in [1.29, 1.82) is 0 Å². The molecular formula is C11H16N4O2. The van der Waals surface area contributed by atoms with Gasteiger partial charge in [0.05, 0.1) is 18.8 Å². The number of anilines is 2. The molecule has 1 aromatic rings. The number of ether oxygens (including phenoxy) is 1. The van der Waals surface area contributed by atoms with E-state index in [1.165, 1.54) is 0 Å². The predicted octanol–water partition coefficient (Wildman–Crippen LogP) is -0.291. The molecule has 6 heteroatoms. The molecule has 1 heterocycles. The summed E-state index contributed by atoms with van der Waals surface area (Å²) in [5.74, 6) is 4.74. The standard InChI is InChI=1S/C11H16N4O2/c12-10-2-1-8(7-9(10)11(16)14-13)15-3-5-17-6-4-15/h1-2,7H,3-6,12-13H2,(H,14,16). The highest BCUT2D eigenvalue weighted by Crippen LogP contribution is 2.22. The van der Waals surface area contributed by atoms with Crippen LogP contribution in [0.4, 0.5) is 11.4 Å². The molecule has 0 aliphatic carbocycles. The molecule has 92 valence electrons. The number of carbonyl (C=O) groups excluding carboxylic acids is 1. The molecule has 0 atom stereocenters. The summed E-state index contributed by atoms with van der Waals surface area (Å²) in [5.41, 5.74) is 9.61. The molecule has 2 rings (SSSR count). The lowest BCUT2D eigenvalue weighted by atomic mass is 10.1. The fourth-order valence-corrected chi connectivity index (χ4v) is 1.84. The van der Waals surface area contributed by atoms with Crippen molar-refractivity contribution in [3.05, 3.63) is 23.8 Å². The zero-order chi connectivity index (χ0) is 12.3. The number of benzene rings is 1. The summed E-state index contributed by atoms with van der Waals surface area (Å²) in [4.78, 5) is 13.7. The van der Waals surface area contributed by atoms with Gasteiger partial charge in [-0.15, -0.1) is 0 Å². The molecular weight excluding hydrogens is 220 g/mol. The van der Waals surface area contributed by atoms with E-state index < -0.39 is 0 Å². The molecule has 0 radical (unpaired) electrons. The summed E-state index contributed by atoms with van der Waals surface area (Å²) in [6.45, 7) is 3.02. The van der Waals surface area contributed by atoms with Crippen LogP contribution in [0.2, 0.25) is 0 Å². The Morgan fingerprint density at radius 2 is 2.06 bits per heavy atom. The Hall–Kier alpha value is -1.79. The van der Waals surface area contributed by atoms with Gasteiger partial charge in [-0.25, -0.2) is 5.84 Å². The molecule has 1 fully saturated rings. The minimum atomic E-state index is -0.377. The maximum atomic E-state index is 11.5. The number of rotatable bonds is 2. The summed E-state index contributed by atoms with van der Waals surface area (Å²) in [6.07, 6.45) is 0. The van der Waals surface area contributed by atoms with Crippen molar-refractivity contribution in [2.24, 2.45) is 5.84 Å². The largest absolute Gasteiger partial charge is 0.398 e. The molecule has 17 heavy (non-hydrogen) atoms. The fraction of sp³-hybridized carbons (Fsp3) is 0.364. The lowest BCUT2D eigenvalue weighted by Gasteiger charge is -2.29. The van der Waals surface area contributed by atoms with E-state index in [-0.39, 0.29) is 5.91 Å². The van der Waals surface area contributed by atoms with Crippen LogP contribution in [0.1, 0.15) is 10.4 Å². The smallest absolute Gasteiger partial charge is 0.267 e. The van der Waals surface area contributed by atoms with E-state index in [2.05, 4.69) is 10.3 Å². The van der Waals surface area contributed by atoms with Gasteiger partial charge < -0.3 is 15.4 Å². The van der Waals surface area contributed by atoms with Crippen LogP contribution in [0, 0.1) is 0 Å². The van der Waals surface area contributed by atoms with E-state index in [0.29, 0.717) is 24.5 Å². The van der Waals surface area contributed by atoms with E-state index in [1.54, 1.807) is 12.1 Å². The summed E-state index contributed by atoms with van der Waals surface area (Å²) >= 11 is 0. The normalized spacial score (nSPS) is 15.7. The number of amides is 1. The lowest BCUT2D eigenvalue weighted by molar-refractivity contribution is 0.0954. The van der Waals surface area contributed by atoms with Gasteiger partial charge in [-0.3, -0.25) is 10.2 Å². The number of nitrogens with zero attached hydrogens (tertiary/aromatic N) is 1. The third-order valence-corrected chi connectivity index (χ3v) is 2.79. The van der Waals surface area contributed by atoms with Gasteiger partial charge in [-0.2, -0.15) is 0 Å². The first-order valence-electron chi connectivity index (χ1n) is 5.45. The number of hydrogen-bond acceptors (Lipinski definition) is 5. The molecule has 5 N–H and O–H groups in total. The van der Waals surface area contributed by atoms with Crippen molar-refractivity contribution >= 4 is 17.3 Å². The van der Waals surface area contributed by atoms with Crippen LogP contribution in [-0.4, -0.2) is 32.2 Å². The summed E-state index contributed by atoms with van der Waals surface area (Å²) in [5, 5.41) is 0. The monoisotopic (exact) mass is 236 g/mol. The van der Waals surface area contributed by atoms with Gasteiger partial charge in [0.1, 0.15) is 0 Å². The number of carbonyl (C=O) groups is 1. The number of hydrogen-bond donors (Lipinski definition) is 3. The van der Waals surface area contributed by atoms with Crippen LogP contribution in [0.5, 0.6) is 0 Å². The van der Waals surface area contributed by atoms with Gasteiger partial charge >= 0.3 is 0 Å². The first-order chi connectivity index (χ1) is 8.22. The SMILES string of the molecule is NNC(=O)c1cc(N2CCOCC2)ccc1N. The van der Waals surface area contributed by atoms with Crippen molar-refractivity contribution in [3.63, 3.8) is 0 Å². The molecule has 0 bridgehead atoms. The Kier molecular flexibility index (Phi) is 3.46. The van der Waals surface area contributed by atoms with Gasteiger partial charge in [0.2, 0.25) is 0 Å². The fourth-order valence-electron chi connectivity index (χ4n) is 1.84. The summed E-state index contributed by atoms with van der Waals surface area (Å²) < 4.78 is 5.28. The molecule has 6 nitrogen and oxygen atoms in total. The molecule has 0 aromatic heterocycles. The first kappa shape index (κ1) is 11.7. The van der Waals surface area contributed by atoms with E-state index in [1.807, 2.05) is 6.07 Å². The van der Waals surface area contributed by atoms with Crippen LogP contribution in [-0.2, 0) is 4.74 Å². The maximum Gasteiger partial charge on any atom is 0.267 e. The third-order valence-electron chi connectivity index (χ3n) is 2.79. The number of nitrogen functional groups attached to an aromatic ring is 2. The number of hydrazine groups is 1. The molecule has 1 aliphatic rings. The second-order valence-corrected chi connectivity index (χ2v) is 3.84. The third kappa shape index (κ3) is 2.48. The van der Waals surface area contributed by atoms with Crippen molar-refractivity contribution in [2.75, 3.05) is 36.9 Å². The predicted molar refractivity (Wildman–Crippen MR) is 65.5 cm³/mol. The zero-order valence-corrected chi connectivity index (χ0v) is 9.48. The molecule has 1 saturated heterocycles. The van der Waals surface area contributed by atoms with Crippen LogP contribution >= 0.6 is 0 Å². The number of nitrogens with one attached hydrogen (secondary N) is 1. The minimum Gasteiger partial charge on any atom is -0.398 e. The highest BCUT2D eigenvalue weighted by Gasteiger charge is 2.15. The number of nitrogens with two attached hydrogens (primary N) is 2. The quantitative estimate of drug-likeness (QED) is 0.284. The second kappa shape index (κ2) is 5.03. The average Bonchev–Trinajstić information content (AvgIpc) is 2.39. The van der Waals surface area contributed by atoms with Crippen LogP contribution in [0.15, 0.2) is 18.2 Å². The Bertz CT molecular complexity index is 416. The zero-order valence-electron chi connectivity index (χ0n) is 9.48. The molecule has 1 amide bonds. The topological polar surface area (TPSA) is 93.6 Å². The Morgan fingerprint density at radius 1 is 1.35 bits per heavy atom. The van der Waals surface area contributed by atoms with Crippen molar-refractivity contribution < 1.29 is 9.53 Å². The minimum absolute atomic E-state index is 0.377. The van der Waals surface area contributed by atoms with Gasteiger partial charge in [-0.05, 0) is 18.2 Å². The molecule has 1 aliphatic heterocycles. The van der Waals surface area contributed by atoms with Crippen molar-refractivity contribution in [2.45, 2.75) is 0 Å². The van der Waals surface area contributed by atoms with E-state index in [0.717, 1.165) is 18.8 Å². The van der Waals surface area contributed by atoms with Gasteiger partial charge in [0.25, 0.3) is 5.91 Å². The van der Waals surface area contributed by atoms with Crippen LogP contribution in [0.3, 0.4) is 0 Å². The van der Waals surface area contributed by atoms with Crippen molar-refractivity contribution in [1.82, 2.24) is 5.43 Å². The van der Waals surface area contributed by atoms with E-state index in [4.69, 9.17) is 16.3 Å². The first-order valence-corrected chi connectivity index (χ1v) is 5.45. The van der Waals surface area contributed by atoms with E-state index in [9.17, 15) is 4.79 Å². The van der Waals surface area contributed by atoms with Crippen LogP contribution in [0.25, 0.3) is 0 Å². The highest BCUT2D eigenvalue weighted by molar-refractivity contribution is 5.99. The Balaban J connectivity index is 2.26. The van der Waals surface area contributed by atoms with Gasteiger partial charge in [0, 0.05) is 24.5 Å². The number of morpholine rings is 1. The molecule has 0 unspecified atom stereocenters. The Labute approximate surface area is 99.5 Å². The summed E-state index contributed by atoms with van der Waals surface area (Å²) in [7, 11) is 0. The maximum absolute atomic E-state index is 11.5. The second-order valence-electron chi connectivity index (χ2n) is 3.84. The van der Waals surface area contributed by atoms with Gasteiger partial charge in [0.15, 0.2) is 0 Å². The highest BCUT2D eigenvalue weighted by atomic mass is 16.5. The lowest BCUT2D eigenvalue weighted by Crippen LogP contribution is -2.36.